The lowest BCUT2D eigenvalue weighted by Crippen LogP contribution is -2.00. The summed E-state index contributed by atoms with van der Waals surface area (Å²) in [7, 11) is 0. The van der Waals surface area contributed by atoms with Crippen LogP contribution in [-0.2, 0) is 0 Å². The number of benzene rings is 8. The van der Waals surface area contributed by atoms with Gasteiger partial charge in [0.05, 0.1) is 0 Å². The lowest BCUT2D eigenvalue weighted by molar-refractivity contribution is 1.07. The predicted octanol–water partition coefficient (Wildman–Crippen LogP) is 11.7. The zero-order valence-corrected chi connectivity index (χ0v) is 26.1. The summed E-state index contributed by atoms with van der Waals surface area (Å²) < 4.78 is 0. The summed E-state index contributed by atoms with van der Waals surface area (Å²) in [5, 5.41) is 7.58. The molecule has 9 aromatic rings. The monoisotopic (exact) mass is 611 g/mol. The third-order valence-electron chi connectivity index (χ3n) is 9.13. The molecule has 0 aliphatic heterocycles. The van der Waals surface area contributed by atoms with Crippen molar-refractivity contribution >= 4 is 32.3 Å². The molecule has 48 heavy (non-hydrogen) atoms. The molecule has 0 fully saturated rings. The molecule has 3 nitrogen and oxygen atoms in total. The number of fused-ring (bicyclic) bond motifs is 5. The molecule has 1 aromatic heterocycles. The van der Waals surface area contributed by atoms with E-state index in [-0.39, 0.29) is 0 Å². The third kappa shape index (κ3) is 4.90. The Morgan fingerprint density at radius 1 is 0.250 bits per heavy atom. The normalized spacial score (nSPS) is 11.3. The first-order valence-corrected chi connectivity index (χ1v) is 16.2. The molecule has 0 aliphatic carbocycles. The second-order valence-corrected chi connectivity index (χ2v) is 12.0. The van der Waals surface area contributed by atoms with Gasteiger partial charge < -0.3 is 0 Å². The Hall–Kier alpha value is -6.45. The van der Waals surface area contributed by atoms with Crippen molar-refractivity contribution in [2.24, 2.45) is 0 Å². The molecule has 9 rings (SSSR count). The molecule has 0 bridgehead atoms. The third-order valence-corrected chi connectivity index (χ3v) is 9.13. The van der Waals surface area contributed by atoms with Crippen LogP contribution in [0.1, 0.15) is 0 Å². The smallest absolute Gasteiger partial charge is 0.164 e. The summed E-state index contributed by atoms with van der Waals surface area (Å²) in [6.45, 7) is 0. The second kappa shape index (κ2) is 11.7. The van der Waals surface area contributed by atoms with Crippen molar-refractivity contribution in [1.29, 1.82) is 0 Å². The van der Waals surface area contributed by atoms with Gasteiger partial charge in [0.15, 0.2) is 17.5 Å². The molecule has 224 valence electrons. The molecule has 0 saturated carbocycles. The second-order valence-electron chi connectivity index (χ2n) is 12.0. The van der Waals surface area contributed by atoms with Crippen LogP contribution in [0.25, 0.3) is 88.7 Å². The maximum atomic E-state index is 4.98. The van der Waals surface area contributed by atoms with Gasteiger partial charge in [0.2, 0.25) is 0 Å². The highest BCUT2D eigenvalue weighted by atomic mass is 15.0. The highest BCUT2D eigenvalue weighted by Crippen LogP contribution is 2.40. The summed E-state index contributed by atoms with van der Waals surface area (Å²) >= 11 is 0. The summed E-state index contributed by atoms with van der Waals surface area (Å²) in [6, 6.07) is 61.8. The van der Waals surface area contributed by atoms with E-state index >= 15 is 0 Å². The van der Waals surface area contributed by atoms with Crippen LogP contribution in [0.3, 0.4) is 0 Å². The van der Waals surface area contributed by atoms with Gasteiger partial charge in [0.25, 0.3) is 0 Å². The van der Waals surface area contributed by atoms with E-state index in [9.17, 15) is 0 Å². The first-order valence-electron chi connectivity index (χ1n) is 16.2. The first kappa shape index (κ1) is 27.8. The SMILES string of the molecule is c1ccc(-c2nc(-c3ccccc3)nc(-c3cccc(-c4ccccc4-c4cccc5c4ccc4c6ccccc6ccc54)c3)n2)cc1. The summed E-state index contributed by atoms with van der Waals surface area (Å²) in [5.41, 5.74) is 7.51. The maximum absolute atomic E-state index is 4.98. The van der Waals surface area contributed by atoms with Crippen LogP contribution in [0.2, 0.25) is 0 Å². The van der Waals surface area contributed by atoms with E-state index in [0.717, 1.165) is 27.8 Å². The fourth-order valence-corrected chi connectivity index (χ4v) is 6.82. The number of nitrogens with zero attached hydrogens (tertiary/aromatic N) is 3. The summed E-state index contributed by atoms with van der Waals surface area (Å²) in [6.07, 6.45) is 0. The van der Waals surface area contributed by atoms with Crippen molar-refractivity contribution in [1.82, 2.24) is 15.0 Å². The Bertz CT molecular complexity index is 2550. The lowest BCUT2D eigenvalue weighted by Gasteiger charge is -2.15. The Morgan fingerprint density at radius 3 is 1.46 bits per heavy atom. The van der Waals surface area contributed by atoms with E-state index in [0.29, 0.717) is 17.5 Å². The molecule has 0 N–H and O–H groups in total. The molecule has 8 aromatic carbocycles. The van der Waals surface area contributed by atoms with Crippen molar-refractivity contribution in [3.8, 4) is 56.4 Å². The van der Waals surface area contributed by atoms with E-state index in [1.54, 1.807) is 0 Å². The fourth-order valence-electron chi connectivity index (χ4n) is 6.82. The average Bonchev–Trinajstić information content (AvgIpc) is 3.18. The van der Waals surface area contributed by atoms with Crippen LogP contribution >= 0.6 is 0 Å². The molecule has 0 saturated heterocycles. The summed E-state index contributed by atoms with van der Waals surface area (Å²) in [4.78, 5) is 14.8. The van der Waals surface area contributed by atoms with Crippen molar-refractivity contribution in [2.45, 2.75) is 0 Å². The summed E-state index contributed by atoms with van der Waals surface area (Å²) in [5.74, 6) is 1.95. The first-order chi connectivity index (χ1) is 23.8. The van der Waals surface area contributed by atoms with Crippen LogP contribution in [0, 0.1) is 0 Å². The quantitative estimate of drug-likeness (QED) is 0.182. The Balaban J connectivity index is 1.19. The van der Waals surface area contributed by atoms with E-state index in [1.165, 1.54) is 43.4 Å². The Labute approximate surface area is 278 Å². The molecular formula is C45H29N3. The van der Waals surface area contributed by atoms with Gasteiger partial charge in [0, 0.05) is 16.7 Å². The minimum absolute atomic E-state index is 0.644. The number of hydrogen-bond acceptors (Lipinski definition) is 3. The minimum atomic E-state index is 0.644. The molecule has 1 heterocycles. The molecule has 0 radical (unpaired) electrons. The predicted molar refractivity (Wildman–Crippen MR) is 200 cm³/mol. The average molecular weight is 612 g/mol. The van der Waals surface area contributed by atoms with Gasteiger partial charge in [-0.05, 0) is 60.6 Å². The molecule has 0 atom stereocenters. The van der Waals surface area contributed by atoms with Gasteiger partial charge in [-0.1, -0.05) is 170 Å². The molecule has 0 aliphatic rings. The van der Waals surface area contributed by atoms with Crippen LogP contribution < -0.4 is 0 Å². The van der Waals surface area contributed by atoms with Crippen LogP contribution in [0.5, 0.6) is 0 Å². The number of hydrogen-bond donors (Lipinski definition) is 0. The van der Waals surface area contributed by atoms with Crippen molar-refractivity contribution in [3.63, 3.8) is 0 Å². The fraction of sp³-hybridized carbons (Fsp3) is 0. The number of aromatic nitrogens is 3. The largest absolute Gasteiger partial charge is 0.208 e. The van der Waals surface area contributed by atoms with E-state index in [1.807, 2.05) is 60.7 Å². The van der Waals surface area contributed by atoms with Crippen LogP contribution in [0.4, 0.5) is 0 Å². The van der Waals surface area contributed by atoms with Crippen molar-refractivity contribution in [3.05, 3.63) is 176 Å². The maximum Gasteiger partial charge on any atom is 0.164 e. The number of rotatable bonds is 5. The Morgan fingerprint density at radius 2 is 0.708 bits per heavy atom. The van der Waals surface area contributed by atoms with Gasteiger partial charge in [-0.2, -0.15) is 0 Å². The Kier molecular flexibility index (Phi) is 6.80. The van der Waals surface area contributed by atoms with E-state index in [4.69, 9.17) is 15.0 Å². The van der Waals surface area contributed by atoms with E-state index < -0.39 is 0 Å². The van der Waals surface area contributed by atoms with Crippen LogP contribution in [-0.4, -0.2) is 15.0 Å². The molecular weight excluding hydrogens is 583 g/mol. The van der Waals surface area contributed by atoms with Gasteiger partial charge in [-0.25, -0.2) is 15.0 Å². The van der Waals surface area contributed by atoms with Gasteiger partial charge in [-0.15, -0.1) is 0 Å². The lowest BCUT2D eigenvalue weighted by atomic mass is 9.89. The highest BCUT2D eigenvalue weighted by Gasteiger charge is 2.15. The molecule has 3 heteroatoms. The molecule has 0 amide bonds. The topological polar surface area (TPSA) is 38.7 Å². The minimum Gasteiger partial charge on any atom is -0.208 e. The molecule has 0 unspecified atom stereocenters. The van der Waals surface area contributed by atoms with Crippen molar-refractivity contribution in [2.75, 3.05) is 0 Å². The van der Waals surface area contributed by atoms with Crippen molar-refractivity contribution < 1.29 is 0 Å². The highest BCUT2D eigenvalue weighted by molar-refractivity contribution is 6.19. The van der Waals surface area contributed by atoms with Crippen LogP contribution in [0.15, 0.2) is 176 Å². The standard InChI is InChI=1S/C45H29N3/c1-3-14-31(15-4-1)43-46-44(32-16-5-2-6-17-32)48-45(47-43)34-19-11-18-33(29-34)36-21-9-10-22-37(36)38-23-12-24-39-41-26-25-30-13-7-8-20-35(30)40(41)27-28-42(38)39/h1-29H. The van der Waals surface area contributed by atoms with Gasteiger partial charge in [0.1, 0.15) is 0 Å². The van der Waals surface area contributed by atoms with E-state index in [2.05, 4.69) is 115 Å². The molecule has 0 spiro atoms. The van der Waals surface area contributed by atoms with Gasteiger partial charge in [-0.3, -0.25) is 0 Å². The zero-order chi connectivity index (χ0) is 31.9. The zero-order valence-electron chi connectivity index (χ0n) is 26.1. The van der Waals surface area contributed by atoms with Gasteiger partial charge >= 0.3 is 0 Å².